The summed E-state index contributed by atoms with van der Waals surface area (Å²) in [6.45, 7) is 8.71. The van der Waals surface area contributed by atoms with Gasteiger partial charge >= 0.3 is 0 Å². The van der Waals surface area contributed by atoms with Crippen LogP contribution in [0.3, 0.4) is 0 Å². The van der Waals surface area contributed by atoms with E-state index in [9.17, 15) is 4.79 Å². The molecule has 0 bridgehead atoms. The van der Waals surface area contributed by atoms with Gasteiger partial charge in [0.15, 0.2) is 0 Å². The maximum absolute atomic E-state index is 12.2. The van der Waals surface area contributed by atoms with Crippen molar-refractivity contribution < 1.29 is 0 Å². The second kappa shape index (κ2) is 5.78. The van der Waals surface area contributed by atoms with Gasteiger partial charge in [0.25, 0.3) is 5.56 Å². The van der Waals surface area contributed by atoms with E-state index in [1.807, 2.05) is 13.8 Å². The molecule has 8 heteroatoms. The molecule has 0 saturated carbocycles. The van der Waals surface area contributed by atoms with Gasteiger partial charge in [0.05, 0.1) is 17.4 Å². The Morgan fingerprint density at radius 3 is 2.71 bits per heavy atom. The minimum atomic E-state index is -0.0958. The maximum Gasteiger partial charge on any atom is 0.275 e. The summed E-state index contributed by atoms with van der Waals surface area (Å²) in [5.41, 5.74) is 2.98. The average Bonchev–Trinajstić information content (AvgIpc) is 3.05. The molecule has 0 spiro atoms. The fourth-order valence-electron chi connectivity index (χ4n) is 3.19. The van der Waals surface area contributed by atoms with Gasteiger partial charge in [0, 0.05) is 31.4 Å². The topological polar surface area (TPSA) is 68.3 Å². The summed E-state index contributed by atoms with van der Waals surface area (Å²) in [5, 5.41) is 9.77. The van der Waals surface area contributed by atoms with E-state index in [0.29, 0.717) is 17.5 Å². The highest BCUT2D eigenvalue weighted by Crippen LogP contribution is 2.24. The highest BCUT2D eigenvalue weighted by molar-refractivity contribution is 7.16. The molecule has 24 heavy (non-hydrogen) atoms. The molecule has 0 atom stereocenters. The van der Waals surface area contributed by atoms with Gasteiger partial charge in [0.1, 0.15) is 5.01 Å². The minimum absolute atomic E-state index is 0.0958. The minimum Gasteiger partial charge on any atom is -0.293 e. The monoisotopic (exact) mass is 344 g/mol. The van der Waals surface area contributed by atoms with Crippen molar-refractivity contribution in [1.29, 1.82) is 0 Å². The first-order valence-electron chi connectivity index (χ1n) is 8.17. The van der Waals surface area contributed by atoms with E-state index >= 15 is 0 Å². The Kier molecular flexibility index (Phi) is 3.73. The van der Waals surface area contributed by atoms with Gasteiger partial charge in [-0.3, -0.25) is 14.4 Å². The number of fused-ring (bicyclic) bond motifs is 1. The van der Waals surface area contributed by atoms with Crippen LogP contribution in [0, 0.1) is 13.8 Å². The molecule has 7 nitrogen and oxygen atoms in total. The van der Waals surface area contributed by atoms with Crippen molar-refractivity contribution in [1.82, 2.24) is 29.3 Å². The van der Waals surface area contributed by atoms with Crippen molar-refractivity contribution in [2.24, 2.45) is 0 Å². The van der Waals surface area contributed by atoms with Crippen LogP contribution < -0.4 is 5.56 Å². The molecule has 1 aliphatic heterocycles. The van der Waals surface area contributed by atoms with Crippen LogP contribution in [0.25, 0.3) is 4.96 Å². The second-order valence-corrected chi connectivity index (χ2v) is 7.39. The van der Waals surface area contributed by atoms with Crippen molar-refractivity contribution in [3.05, 3.63) is 44.6 Å². The predicted octanol–water partition coefficient (Wildman–Crippen LogP) is 1.58. The lowest BCUT2D eigenvalue weighted by Gasteiger charge is -2.39. The Morgan fingerprint density at radius 1 is 1.25 bits per heavy atom. The van der Waals surface area contributed by atoms with Crippen LogP contribution in [0.4, 0.5) is 0 Å². The Bertz CT molecular complexity index is 949. The molecular formula is C16H20N6OS. The summed E-state index contributed by atoms with van der Waals surface area (Å²) >= 11 is 1.49. The summed E-state index contributed by atoms with van der Waals surface area (Å²) in [6.07, 6.45) is 0.819. The van der Waals surface area contributed by atoms with Crippen LogP contribution >= 0.6 is 11.3 Å². The molecule has 0 aromatic carbocycles. The number of rotatable bonds is 4. The van der Waals surface area contributed by atoms with Crippen molar-refractivity contribution in [3.8, 4) is 0 Å². The Labute approximate surface area is 143 Å². The average molecular weight is 344 g/mol. The van der Waals surface area contributed by atoms with Crippen LogP contribution in [0.1, 0.15) is 35.1 Å². The molecular weight excluding hydrogens is 324 g/mol. The molecule has 0 N–H and O–H groups in total. The number of aromatic nitrogens is 5. The van der Waals surface area contributed by atoms with E-state index in [1.165, 1.54) is 21.5 Å². The third-order valence-electron chi connectivity index (χ3n) is 4.36. The van der Waals surface area contributed by atoms with Gasteiger partial charge < -0.3 is 0 Å². The molecule has 3 aromatic heterocycles. The van der Waals surface area contributed by atoms with Gasteiger partial charge in [-0.05, 0) is 26.3 Å². The molecule has 3 aromatic rings. The van der Waals surface area contributed by atoms with E-state index in [4.69, 9.17) is 0 Å². The third-order valence-corrected chi connectivity index (χ3v) is 5.41. The molecule has 0 aliphatic carbocycles. The highest BCUT2D eigenvalue weighted by atomic mass is 32.1. The molecule has 4 rings (SSSR count). The lowest BCUT2D eigenvalue weighted by atomic mass is 10.1. The second-order valence-electron chi connectivity index (χ2n) is 6.35. The Hall–Kier alpha value is -2.06. The Morgan fingerprint density at radius 2 is 2.04 bits per heavy atom. The van der Waals surface area contributed by atoms with Gasteiger partial charge in [-0.15, -0.1) is 0 Å². The smallest absolute Gasteiger partial charge is 0.275 e. The van der Waals surface area contributed by atoms with Gasteiger partial charge in [0.2, 0.25) is 4.96 Å². The van der Waals surface area contributed by atoms with Crippen molar-refractivity contribution in [2.45, 2.75) is 39.8 Å². The first-order chi connectivity index (χ1) is 11.5. The fourth-order valence-corrected chi connectivity index (χ4v) is 4.05. The summed E-state index contributed by atoms with van der Waals surface area (Å²) in [5.74, 6) is 0. The SMILES string of the molecule is CCc1nn2c(=O)cc(CN3CC(n4nc(C)cc4C)C3)nc2s1. The van der Waals surface area contributed by atoms with E-state index in [2.05, 4.69) is 37.8 Å². The largest absolute Gasteiger partial charge is 0.293 e. The zero-order chi connectivity index (χ0) is 16.8. The van der Waals surface area contributed by atoms with Crippen LogP contribution in [0.2, 0.25) is 0 Å². The van der Waals surface area contributed by atoms with E-state index in [1.54, 1.807) is 6.07 Å². The summed E-state index contributed by atoms with van der Waals surface area (Å²) in [7, 11) is 0. The predicted molar refractivity (Wildman–Crippen MR) is 92.5 cm³/mol. The number of hydrogen-bond donors (Lipinski definition) is 0. The molecule has 126 valence electrons. The molecule has 1 aliphatic rings. The first-order valence-corrected chi connectivity index (χ1v) is 8.99. The van der Waals surface area contributed by atoms with E-state index in [0.717, 1.165) is 35.9 Å². The zero-order valence-electron chi connectivity index (χ0n) is 14.1. The molecule has 1 saturated heterocycles. The lowest BCUT2D eigenvalue weighted by molar-refractivity contribution is 0.0880. The van der Waals surface area contributed by atoms with Crippen molar-refractivity contribution >= 4 is 16.3 Å². The first kappa shape index (κ1) is 15.5. The maximum atomic E-state index is 12.2. The number of aryl methyl sites for hydroxylation is 3. The molecule has 0 amide bonds. The number of likely N-dealkylation sites (tertiary alicyclic amines) is 1. The van der Waals surface area contributed by atoms with Crippen molar-refractivity contribution in [3.63, 3.8) is 0 Å². The quantitative estimate of drug-likeness (QED) is 0.719. The van der Waals surface area contributed by atoms with Crippen LogP contribution in [-0.2, 0) is 13.0 Å². The molecule has 1 fully saturated rings. The van der Waals surface area contributed by atoms with Gasteiger partial charge in [-0.2, -0.15) is 14.7 Å². The third kappa shape index (κ3) is 2.65. The summed E-state index contributed by atoms with van der Waals surface area (Å²) in [6, 6.07) is 4.12. The fraction of sp³-hybridized carbons (Fsp3) is 0.500. The van der Waals surface area contributed by atoms with Gasteiger partial charge in [-0.25, -0.2) is 4.98 Å². The van der Waals surface area contributed by atoms with Crippen LogP contribution in [0.15, 0.2) is 16.9 Å². The highest BCUT2D eigenvalue weighted by Gasteiger charge is 2.30. The zero-order valence-corrected chi connectivity index (χ0v) is 14.9. The van der Waals surface area contributed by atoms with Crippen LogP contribution in [-0.4, -0.2) is 42.4 Å². The summed E-state index contributed by atoms with van der Waals surface area (Å²) in [4.78, 5) is 19.8. The summed E-state index contributed by atoms with van der Waals surface area (Å²) < 4.78 is 3.51. The van der Waals surface area contributed by atoms with Crippen LogP contribution in [0.5, 0.6) is 0 Å². The standard InChI is InChI=1S/C16H20N6OS/c1-4-14-19-22-15(23)6-12(17-16(22)24-14)7-20-8-13(9-20)21-11(3)5-10(2)18-21/h5-6,13H,4,7-9H2,1-3H3. The molecule has 0 unspecified atom stereocenters. The molecule has 0 radical (unpaired) electrons. The number of hydrogen-bond acceptors (Lipinski definition) is 6. The normalized spacial score (nSPS) is 16.0. The van der Waals surface area contributed by atoms with E-state index in [-0.39, 0.29) is 5.56 Å². The van der Waals surface area contributed by atoms with Gasteiger partial charge in [-0.1, -0.05) is 18.3 Å². The Balaban J connectivity index is 1.48. The number of nitrogens with zero attached hydrogens (tertiary/aromatic N) is 6. The van der Waals surface area contributed by atoms with Crippen molar-refractivity contribution in [2.75, 3.05) is 13.1 Å². The van der Waals surface area contributed by atoms with E-state index < -0.39 is 0 Å². The lowest BCUT2D eigenvalue weighted by Crippen LogP contribution is -2.47. The molecule has 4 heterocycles.